The fourth-order valence-electron chi connectivity index (χ4n) is 2.19. The summed E-state index contributed by atoms with van der Waals surface area (Å²) in [5.74, 6) is 0. The number of benzene rings is 1. The van der Waals surface area contributed by atoms with Crippen LogP contribution in [0.1, 0.15) is 11.4 Å². The molecule has 1 aromatic carbocycles. The third-order valence-electron chi connectivity index (χ3n) is 3.34. The van der Waals surface area contributed by atoms with E-state index in [0.717, 1.165) is 17.0 Å². The quantitative estimate of drug-likeness (QED) is 0.746. The fourth-order valence-corrected chi connectivity index (χ4v) is 3.41. The highest BCUT2D eigenvalue weighted by molar-refractivity contribution is 7.90. The van der Waals surface area contributed by atoms with Gasteiger partial charge in [-0.15, -0.1) is 0 Å². The molecule has 3 rings (SSSR count). The minimum atomic E-state index is -3.58. The second-order valence-electron chi connectivity index (χ2n) is 4.99. The largest absolute Gasteiger partial charge is 0.267 e. The monoisotopic (exact) mass is 313 g/mol. The Hall–Kier alpha value is -2.47. The third-order valence-corrected chi connectivity index (χ3v) is 4.99. The molecule has 2 aromatic heterocycles. The van der Waals surface area contributed by atoms with Crippen molar-refractivity contribution >= 4 is 10.0 Å². The SMILES string of the molecule is Cc1cnc(C)c(-c2ccn(S(=O)(=O)c3ccccc3)c2)n1. The Balaban J connectivity index is 2.06. The summed E-state index contributed by atoms with van der Waals surface area (Å²) in [6.45, 7) is 3.71. The Kier molecular flexibility index (Phi) is 3.54. The Morgan fingerprint density at radius 1 is 1.05 bits per heavy atom. The molecule has 0 saturated carbocycles. The standard InChI is InChI=1S/C16H15N3O2S/c1-12-10-17-13(2)16(18-12)14-8-9-19(11-14)22(20,21)15-6-4-3-5-7-15/h3-11H,1-2H3. The predicted octanol–water partition coefficient (Wildman–Crippen LogP) is 2.80. The number of hydrogen-bond acceptors (Lipinski definition) is 4. The molecule has 0 amide bonds. The van der Waals surface area contributed by atoms with E-state index in [0.29, 0.717) is 5.69 Å². The van der Waals surface area contributed by atoms with Crippen molar-refractivity contribution in [2.45, 2.75) is 18.7 Å². The van der Waals surface area contributed by atoms with Gasteiger partial charge >= 0.3 is 0 Å². The molecule has 0 saturated heterocycles. The summed E-state index contributed by atoms with van der Waals surface area (Å²) in [7, 11) is -3.58. The highest BCUT2D eigenvalue weighted by Crippen LogP contribution is 2.23. The van der Waals surface area contributed by atoms with Crippen LogP contribution in [0.2, 0.25) is 0 Å². The molecular weight excluding hydrogens is 298 g/mol. The van der Waals surface area contributed by atoms with E-state index >= 15 is 0 Å². The van der Waals surface area contributed by atoms with Crippen molar-refractivity contribution in [3.8, 4) is 11.3 Å². The van der Waals surface area contributed by atoms with Gasteiger partial charge in [0.15, 0.2) is 0 Å². The molecule has 22 heavy (non-hydrogen) atoms. The summed E-state index contributed by atoms with van der Waals surface area (Å²) >= 11 is 0. The van der Waals surface area contributed by atoms with Crippen molar-refractivity contribution in [3.63, 3.8) is 0 Å². The molecule has 5 nitrogen and oxygen atoms in total. The number of nitrogens with zero attached hydrogens (tertiary/aromatic N) is 3. The Bertz CT molecular complexity index is 916. The van der Waals surface area contributed by atoms with Gasteiger partial charge in [0.1, 0.15) is 0 Å². The van der Waals surface area contributed by atoms with Gasteiger partial charge in [0.05, 0.1) is 22.0 Å². The molecule has 0 spiro atoms. The van der Waals surface area contributed by atoms with E-state index < -0.39 is 10.0 Å². The summed E-state index contributed by atoms with van der Waals surface area (Å²) in [4.78, 5) is 8.96. The van der Waals surface area contributed by atoms with Crippen LogP contribution in [0.25, 0.3) is 11.3 Å². The van der Waals surface area contributed by atoms with Gasteiger partial charge in [-0.2, -0.15) is 0 Å². The first-order valence-corrected chi connectivity index (χ1v) is 8.22. The van der Waals surface area contributed by atoms with Crippen LogP contribution in [-0.2, 0) is 10.0 Å². The van der Waals surface area contributed by atoms with Crippen molar-refractivity contribution in [3.05, 3.63) is 66.4 Å². The first kappa shape index (κ1) is 14.5. The second kappa shape index (κ2) is 5.38. The zero-order chi connectivity index (χ0) is 15.7. The maximum Gasteiger partial charge on any atom is 0.267 e. The summed E-state index contributed by atoms with van der Waals surface area (Å²) < 4.78 is 26.3. The van der Waals surface area contributed by atoms with E-state index in [1.165, 1.54) is 10.2 Å². The van der Waals surface area contributed by atoms with Gasteiger partial charge in [-0.1, -0.05) is 18.2 Å². The van der Waals surface area contributed by atoms with Crippen LogP contribution in [0.3, 0.4) is 0 Å². The average Bonchev–Trinajstić information content (AvgIpc) is 3.01. The predicted molar refractivity (Wildman–Crippen MR) is 84.0 cm³/mol. The van der Waals surface area contributed by atoms with Crippen molar-refractivity contribution in [1.82, 2.24) is 13.9 Å². The molecule has 0 bridgehead atoms. The van der Waals surface area contributed by atoms with Crippen molar-refractivity contribution in [2.24, 2.45) is 0 Å². The van der Waals surface area contributed by atoms with Crippen LogP contribution in [0, 0.1) is 13.8 Å². The van der Waals surface area contributed by atoms with Gasteiger partial charge in [0.25, 0.3) is 10.0 Å². The number of rotatable bonds is 3. The first-order chi connectivity index (χ1) is 10.5. The van der Waals surface area contributed by atoms with Gasteiger partial charge in [-0.3, -0.25) is 4.98 Å². The minimum absolute atomic E-state index is 0.254. The van der Waals surface area contributed by atoms with E-state index in [9.17, 15) is 8.42 Å². The van der Waals surface area contributed by atoms with Gasteiger partial charge in [0.2, 0.25) is 0 Å². The molecule has 0 unspecified atom stereocenters. The van der Waals surface area contributed by atoms with Crippen LogP contribution in [0.4, 0.5) is 0 Å². The lowest BCUT2D eigenvalue weighted by Gasteiger charge is -2.05. The van der Waals surface area contributed by atoms with Crippen molar-refractivity contribution < 1.29 is 8.42 Å². The van der Waals surface area contributed by atoms with Crippen LogP contribution >= 0.6 is 0 Å². The highest BCUT2D eigenvalue weighted by Gasteiger charge is 2.17. The average molecular weight is 313 g/mol. The summed E-state index contributed by atoms with van der Waals surface area (Å²) in [5, 5.41) is 0. The lowest BCUT2D eigenvalue weighted by molar-refractivity contribution is 0.587. The van der Waals surface area contributed by atoms with E-state index in [1.54, 1.807) is 48.8 Å². The lowest BCUT2D eigenvalue weighted by atomic mass is 10.2. The minimum Gasteiger partial charge on any atom is -0.257 e. The zero-order valence-electron chi connectivity index (χ0n) is 12.3. The Morgan fingerprint density at radius 3 is 2.50 bits per heavy atom. The van der Waals surface area contributed by atoms with E-state index in [-0.39, 0.29) is 4.90 Å². The van der Waals surface area contributed by atoms with Crippen molar-refractivity contribution in [1.29, 1.82) is 0 Å². The molecule has 2 heterocycles. The molecular formula is C16H15N3O2S. The maximum atomic E-state index is 12.6. The van der Waals surface area contributed by atoms with Crippen LogP contribution < -0.4 is 0 Å². The summed E-state index contributed by atoms with van der Waals surface area (Å²) in [6.07, 6.45) is 4.79. The van der Waals surface area contributed by atoms with E-state index in [1.807, 2.05) is 13.8 Å². The van der Waals surface area contributed by atoms with Gasteiger partial charge < -0.3 is 0 Å². The van der Waals surface area contributed by atoms with Crippen LogP contribution in [0.15, 0.2) is 59.9 Å². The van der Waals surface area contributed by atoms with Crippen molar-refractivity contribution in [2.75, 3.05) is 0 Å². The van der Waals surface area contributed by atoms with Crippen LogP contribution in [-0.4, -0.2) is 22.4 Å². The number of hydrogen-bond donors (Lipinski definition) is 0. The molecule has 3 aromatic rings. The first-order valence-electron chi connectivity index (χ1n) is 6.78. The number of aromatic nitrogens is 3. The molecule has 6 heteroatoms. The molecule has 0 radical (unpaired) electrons. The summed E-state index contributed by atoms with van der Waals surface area (Å²) in [6, 6.07) is 10.1. The molecule has 0 N–H and O–H groups in total. The van der Waals surface area contributed by atoms with E-state index in [2.05, 4.69) is 9.97 Å². The zero-order valence-corrected chi connectivity index (χ0v) is 13.1. The highest BCUT2D eigenvalue weighted by atomic mass is 32.2. The molecule has 0 atom stereocenters. The molecule has 112 valence electrons. The molecule has 0 aliphatic carbocycles. The Labute approximate surface area is 129 Å². The lowest BCUT2D eigenvalue weighted by Crippen LogP contribution is -2.10. The number of aryl methyl sites for hydroxylation is 2. The maximum absolute atomic E-state index is 12.6. The molecule has 0 fully saturated rings. The normalized spacial score (nSPS) is 11.5. The summed E-state index contributed by atoms with van der Waals surface area (Å²) in [5.41, 5.74) is 2.98. The smallest absolute Gasteiger partial charge is 0.257 e. The van der Waals surface area contributed by atoms with Gasteiger partial charge in [-0.25, -0.2) is 17.4 Å². The molecule has 0 aliphatic heterocycles. The van der Waals surface area contributed by atoms with Crippen LogP contribution in [0.5, 0.6) is 0 Å². The molecule has 0 aliphatic rings. The third kappa shape index (κ3) is 2.53. The van der Waals surface area contributed by atoms with Gasteiger partial charge in [-0.05, 0) is 32.0 Å². The van der Waals surface area contributed by atoms with Gasteiger partial charge in [0, 0.05) is 24.2 Å². The fraction of sp³-hybridized carbons (Fsp3) is 0.125. The van der Waals surface area contributed by atoms with E-state index in [4.69, 9.17) is 0 Å². The Morgan fingerprint density at radius 2 is 1.77 bits per heavy atom. The second-order valence-corrected chi connectivity index (χ2v) is 6.84. The topological polar surface area (TPSA) is 64.8 Å².